The van der Waals surface area contributed by atoms with E-state index in [0.29, 0.717) is 12.3 Å². The molecule has 0 saturated carbocycles. The fourth-order valence-corrected chi connectivity index (χ4v) is 2.53. The van der Waals surface area contributed by atoms with Crippen LogP contribution in [-0.2, 0) is 11.3 Å². The van der Waals surface area contributed by atoms with Crippen LogP contribution in [0.2, 0.25) is 0 Å². The summed E-state index contributed by atoms with van der Waals surface area (Å²) >= 11 is 3.43. The largest absolute Gasteiger partial charge is 0.483 e. The van der Waals surface area contributed by atoms with Crippen LogP contribution in [-0.4, -0.2) is 12.5 Å². The summed E-state index contributed by atoms with van der Waals surface area (Å²) < 4.78 is 6.37. The van der Waals surface area contributed by atoms with Crippen molar-refractivity contribution in [1.82, 2.24) is 5.32 Å². The van der Waals surface area contributed by atoms with Crippen LogP contribution >= 0.6 is 15.9 Å². The van der Waals surface area contributed by atoms with E-state index in [4.69, 9.17) is 4.74 Å². The summed E-state index contributed by atoms with van der Waals surface area (Å²) in [5.41, 5.74) is 3.42. The van der Waals surface area contributed by atoms with Crippen molar-refractivity contribution in [3.8, 4) is 5.75 Å². The van der Waals surface area contributed by atoms with E-state index in [0.717, 1.165) is 15.6 Å². The second-order valence-electron chi connectivity index (χ2n) is 4.93. The third-order valence-corrected chi connectivity index (χ3v) is 3.80. The lowest BCUT2D eigenvalue weighted by molar-refractivity contribution is -0.123. The maximum Gasteiger partial charge on any atom is 0.258 e. The number of benzene rings is 2. The number of nitrogens with one attached hydrogen (secondary N) is 1. The lowest BCUT2D eigenvalue weighted by Gasteiger charge is -2.10. The Morgan fingerprint density at radius 2 is 1.95 bits per heavy atom. The van der Waals surface area contributed by atoms with Crippen molar-refractivity contribution in [2.24, 2.45) is 0 Å². The quantitative estimate of drug-likeness (QED) is 0.894. The van der Waals surface area contributed by atoms with Crippen LogP contribution in [0.3, 0.4) is 0 Å². The predicted octanol–water partition coefficient (Wildman–Crippen LogP) is 3.76. The zero-order chi connectivity index (χ0) is 15.2. The Balaban J connectivity index is 1.84. The molecule has 0 aliphatic rings. The zero-order valence-electron chi connectivity index (χ0n) is 12.2. The number of rotatable bonds is 5. The molecule has 1 N–H and O–H groups in total. The van der Waals surface area contributed by atoms with Crippen molar-refractivity contribution in [3.63, 3.8) is 0 Å². The van der Waals surface area contributed by atoms with E-state index >= 15 is 0 Å². The molecule has 1 amide bonds. The van der Waals surface area contributed by atoms with Gasteiger partial charge in [-0.05, 0) is 58.6 Å². The molecule has 0 bridgehead atoms. The van der Waals surface area contributed by atoms with E-state index in [9.17, 15) is 4.79 Å². The minimum absolute atomic E-state index is 0.00748. The molecule has 0 aliphatic heterocycles. The first-order valence-corrected chi connectivity index (χ1v) is 7.55. The Morgan fingerprint density at radius 1 is 1.19 bits per heavy atom. The molecule has 110 valence electrons. The minimum atomic E-state index is -0.134. The van der Waals surface area contributed by atoms with Crippen molar-refractivity contribution in [2.75, 3.05) is 6.61 Å². The number of halogens is 1. The van der Waals surface area contributed by atoms with Crippen molar-refractivity contribution < 1.29 is 9.53 Å². The van der Waals surface area contributed by atoms with Gasteiger partial charge in [0.1, 0.15) is 5.75 Å². The molecule has 0 fully saturated rings. The van der Waals surface area contributed by atoms with E-state index < -0.39 is 0 Å². The Bertz CT molecular complexity index is 640. The highest BCUT2D eigenvalue weighted by molar-refractivity contribution is 9.10. The molecule has 0 radical (unpaired) electrons. The van der Waals surface area contributed by atoms with Crippen molar-refractivity contribution in [3.05, 3.63) is 63.6 Å². The predicted molar refractivity (Wildman–Crippen MR) is 87.4 cm³/mol. The molecule has 21 heavy (non-hydrogen) atoms. The molecule has 0 heterocycles. The van der Waals surface area contributed by atoms with Crippen molar-refractivity contribution >= 4 is 21.8 Å². The fourth-order valence-electron chi connectivity index (χ4n) is 1.92. The molecule has 2 aromatic rings. The number of amides is 1. The average molecular weight is 348 g/mol. The van der Waals surface area contributed by atoms with Crippen LogP contribution in [0.15, 0.2) is 46.9 Å². The van der Waals surface area contributed by atoms with Crippen LogP contribution in [0.25, 0.3) is 0 Å². The maximum atomic E-state index is 11.8. The van der Waals surface area contributed by atoms with Gasteiger partial charge in [-0.25, -0.2) is 0 Å². The maximum absolute atomic E-state index is 11.8. The molecule has 4 heteroatoms. The SMILES string of the molecule is Cc1ccc(OCC(=O)NCc2ccccc2C)c(Br)c1. The van der Waals surface area contributed by atoms with Gasteiger partial charge >= 0.3 is 0 Å². The second-order valence-corrected chi connectivity index (χ2v) is 5.78. The van der Waals surface area contributed by atoms with Crippen LogP contribution in [0.4, 0.5) is 0 Å². The van der Waals surface area contributed by atoms with Gasteiger partial charge in [0.15, 0.2) is 6.61 Å². The standard InChI is InChI=1S/C17H18BrNO2/c1-12-7-8-16(15(18)9-12)21-11-17(20)19-10-14-6-4-3-5-13(14)2/h3-9H,10-11H2,1-2H3,(H,19,20). The lowest BCUT2D eigenvalue weighted by atomic mass is 10.1. The Labute approximate surface area is 133 Å². The first kappa shape index (κ1) is 15.6. The fraction of sp³-hybridized carbons (Fsp3) is 0.235. The third kappa shape index (κ3) is 4.60. The molecule has 0 unspecified atom stereocenters. The first-order chi connectivity index (χ1) is 10.1. The molecule has 3 nitrogen and oxygen atoms in total. The lowest BCUT2D eigenvalue weighted by Crippen LogP contribution is -2.28. The van der Waals surface area contributed by atoms with Crippen molar-refractivity contribution in [2.45, 2.75) is 20.4 Å². The number of ether oxygens (including phenoxy) is 1. The van der Waals surface area contributed by atoms with E-state index in [1.54, 1.807) is 0 Å². The second kappa shape index (κ2) is 7.27. The monoisotopic (exact) mass is 347 g/mol. The van der Waals surface area contributed by atoms with Gasteiger partial charge in [-0.15, -0.1) is 0 Å². The summed E-state index contributed by atoms with van der Waals surface area (Å²) in [6.45, 7) is 4.56. The number of aryl methyl sites for hydroxylation is 2. The van der Waals surface area contributed by atoms with Crippen LogP contribution in [0, 0.1) is 13.8 Å². The minimum Gasteiger partial charge on any atom is -0.483 e. The molecule has 0 aliphatic carbocycles. The van der Waals surface area contributed by atoms with Crippen LogP contribution < -0.4 is 10.1 Å². The molecule has 0 spiro atoms. The summed E-state index contributed by atoms with van der Waals surface area (Å²) in [5, 5.41) is 2.86. The van der Waals surface area contributed by atoms with Gasteiger partial charge in [-0.2, -0.15) is 0 Å². The summed E-state index contributed by atoms with van der Waals surface area (Å²) in [5.74, 6) is 0.539. The van der Waals surface area contributed by atoms with Crippen molar-refractivity contribution in [1.29, 1.82) is 0 Å². The first-order valence-electron chi connectivity index (χ1n) is 6.76. The third-order valence-electron chi connectivity index (χ3n) is 3.18. The molecule has 2 rings (SSSR count). The number of carbonyl (C=O) groups excluding carboxylic acids is 1. The van der Waals surface area contributed by atoms with E-state index in [2.05, 4.69) is 21.2 Å². The normalized spacial score (nSPS) is 10.2. The topological polar surface area (TPSA) is 38.3 Å². The molecule has 0 aromatic heterocycles. The number of hydrogen-bond donors (Lipinski definition) is 1. The van der Waals surface area contributed by atoms with E-state index in [-0.39, 0.29) is 12.5 Å². The summed E-state index contributed by atoms with van der Waals surface area (Å²) in [6, 6.07) is 13.8. The Morgan fingerprint density at radius 3 is 2.67 bits per heavy atom. The van der Waals surface area contributed by atoms with Crippen LogP contribution in [0.5, 0.6) is 5.75 Å². The summed E-state index contributed by atoms with van der Waals surface area (Å²) in [6.07, 6.45) is 0. The van der Waals surface area contributed by atoms with Crippen LogP contribution in [0.1, 0.15) is 16.7 Å². The molecular weight excluding hydrogens is 330 g/mol. The van der Waals surface area contributed by atoms with Gasteiger partial charge < -0.3 is 10.1 Å². The Hall–Kier alpha value is -1.81. The molecule has 2 aromatic carbocycles. The zero-order valence-corrected chi connectivity index (χ0v) is 13.7. The van der Waals surface area contributed by atoms with E-state index in [1.165, 1.54) is 5.56 Å². The highest BCUT2D eigenvalue weighted by atomic mass is 79.9. The van der Waals surface area contributed by atoms with Gasteiger partial charge in [0.25, 0.3) is 5.91 Å². The van der Waals surface area contributed by atoms with Gasteiger partial charge in [0, 0.05) is 6.54 Å². The number of carbonyl (C=O) groups is 1. The number of hydrogen-bond acceptors (Lipinski definition) is 2. The molecular formula is C17H18BrNO2. The van der Waals surface area contributed by atoms with Gasteiger partial charge in [0.2, 0.25) is 0 Å². The summed E-state index contributed by atoms with van der Waals surface area (Å²) in [4.78, 5) is 11.8. The van der Waals surface area contributed by atoms with Gasteiger partial charge in [0.05, 0.1) is 4.47 Å². The van der Waals surface area contributed by atoms with E-state index in [1.807, 2.05) is 56.3 Å². The summed E-state index contributed by atoms with van der Waals surface area (Å²) in [7, 11) is 0. The Kier molecular flexibility index (Phi) is 5.39. The molecule has 0 saturated heterocycles. The average Bonchev–Trinajstić information content (AvgIpc) is 2.45. The highest BCUT2D eigenvalue weighted by Gasteiger charge is 2.06. The van der Waals surface area contributed by atoms with Gasteiger partial charge in [-0.3, -0.25) is 4.79 Å². The van der Waals surface area contributed by atoms with Gasteiger partial charge in [-0.1, -0.05) is 30.3 Å². The molecule has 0 atom stereocenters. The smallest absolute Gasteiger partial charge is 0.258 e. The highest BCUT2D eigenvalue weighted by Crippen LogP contribution is 2.25.